The molecule has 0 aromatic heterocycles. The van der Waals surface area contributed by atoms with Crippen LogP contribution in [-0.2, 0) is 11.2 Å². The number of halogens is 3. The van der Waals surface area contributed by atoms with Gasteiger partial charge in [0.2, 0.25) is 5.91 Å². The molecule has 1 amide bonds. The molecule has 1 N–H and O–H groups in total. The van der Waals surface area contributed by atoms with Crippen molar-refractivity contribution in [3.8, 4) is 0 Å². The van der Waals surface area contributed by atoms with Gasteiger partial charge in [-0.2, -0.15) is 0 Å². The zero-order valence-corrected chi connectivity index (χ0v) is 13.1. The number of hydrogen-bond donors (Lipinski definition) is 1. The fourth-order valence-corrected chi connectivity index (χ4v) is 2.37. The molecule has 0 atom stereocenters. The van der Waals surface area contributed by atoms with Gasteiger partial charge in [-0.05, 0) is 52.7 Å². The van der Waals surface area contributed by atoms with Crippen LogP contribution in [0.4, 0.5) is 10.1 Å². The van der Waals surface area contributed by atoms with E-state index in [2.05, 4.69) is 21.2 Å². The minimum absolute atomic E-state index is 0.105. The van der Waals surface area contributed by atoms with E-state index in [0.29, 0.717) is 5.69 Å². The Kier molecular flexibility index (Phi) is 4.78. The van der Waals surface area contributed by atoms with Crippen LogP contribution in [0, 0.1) is 12.7 Å². The summed E-state index contributed by atoms with van der Waals surface area (Å²) in [5.74, 6) is -0.792. The van der Waals surface area contributed by atoms with Crippen LogP contribution in [0.2, 0.25) is 5.02 Å². The van der Waals surface area contributed by atoms with Gasteiger partial charge in [0, 0.05) is 15.1 Å². The Bertz CT molecular complexity index is 640. The smallest absolute Gasteiger partial charge is 0.228 e. The zero-order valence-electron chi connectivity index (χ0n) is 10.7. The van der Waals surface area contributed by atoms with E-state index in [-0.39, 0.29) is 22.9 Å². The molecule has 0 fully saturated rings. The number of carbonyl (C=O) groups is 1. The van der Waals surface area contributed by atoms with Crippen molar-refractivity contribution in [3.05, 3.63) is 62.8 Å². The molecule has 104 valence electrons. The molecule has 0 unspecified atom stereocenters. The van der Waals surface area contributed by atoms with Gasteiger partial charge in [0.05, 0.1) is 12.1 Å². The highest BCUT2D eigenvalue weighted by Gasteiger charge is 2.13. The number of rotatable bonds is 3. The lowest BCUT2D eigenvalue weighted by Crippen LogP contribution is -2.16. The van der Waals surface area contributed by atoms with Gasteiger partial charge in [-0.25, -0.2) is 4.39 Å². The number of nitrogens with one attached hydrogen (secondary N) is 1. The molecule has 0 aliphatic rings. The van der Waals surface area contributed by atoms with Crippen LogP contribution in [0.5, 0.6) is 0 Å². The lowest BCUT2D eigenvalue weighted by atomic mass is 10.1. The summed E-state index contributed by atoms with van der Waals surface area (Å²) in [5, 5.41) is 3.00. The molecule has 2 aromatic carbocycles. The first kappa shape index (κ1) is 15.0. The Hall–Kier alpha value is -1.39. The monoisotopic (exact) mass is 355 g/mol. The topological polar surface area (TPSA) is 29.1 Å². The van der Waals surface area contributed by atoms with Gasteiger partial charge in [-0.1, -0.05) is 23.7 Å². The Morgan fingerprint density at radius 2 is 2.10 bits per heavy atom. The number of benzene rings is 2. The van der Waals surface area contributed by atoms with Gasteiger partial charge >= 0.3 is 0 Å². The molecule has 0 radical (unpaired) electrons. The summed E-state index contributed by atoms with van der Waals surface area (Å²) in [7, 11) is 0. The summed E-state index contributed by atoms with van der Waals surface area (Å²) in [4.78, 5) is 12.0. The lowest BCUT2D eigenvalue weighted by Gasteiger charge is -2.09. The van der Waals surface area contributed by atoms with Crippen LogP contribution in [-0.4, -0.2) is 5.91 Å². The van der Waals surface area contributed by atoms with Crippen molar-refractivity contribution in [1.82, 2.24) is 0 Å². The Morgan fingerprint density at radius 3 is 2.80 bits per heavy atom. The quantitative estimate of drug-likeness (QED) is 0.846. The molecule has 0 aliphatic carbocycles. The molecule has 2 aromatic rings. The third-order valence-corrected chi connectivity index (χ3v) is 3.84. The number of aryl methyl sites for hydroxylation is 1. The van der Waals surface area contributed by atoms with Gasteiger partial charge in [0.1, 0.15) is 5.82 Å². The number of amides is 1. The van der Waals surface area contributed by atoms with Crippen molar-refractivity contribution < 1.29 is 9.18 Å². The van der Waals surface area contributed by atoms with E-state index >= 15 is 0 Å². The van der Waals surface area contributed by atoms with E-state index in [0.717, 1.165) is 10.0 Å². The van der Waals surface area contributed by atoms with E-state index < -0.39 is 5.82 Å². The SMILES string of the molecule is Cc1ccc(Br)c(NC(=O)Cc2c(F)cccc2Cl)c1. The van der Waals surface area contributed by atoms with E-state index in [9.17, 15) is 9.18 Å². The summed E-state index contributed by atoms with van der Waals surface area (Å²) in [6.45, 7) is 1.93. The number of anilines is 1. The predicted octanol–water partition coefficient (Wildman–Crippen LogP) is 4.73. The summed E-state index contributed by atoms with van der Waals surface area (Å²) in [5.41, 5.74) is 1.88. The van der Waals surface area contributed by atoms with Crippen molar-refractivity contribution in [3.63, 3.8) is 0 Å². The maximum absolute atomic E-state index is 13.6. The van der Waals surface area contributed by atoms with Gasteiger partial charge in [0.15, 0.2) is 0 Å². The van der Waals surface area contributed by atoms with Crippen LogP contribution in [0.15, 0.2) is 40.9 Å². The van der Waals surface area contributed by atoms with Crippen LogP contribution >= 0.6 is 27.5 Å². The number of carbonyl (C=O) groups excluding carboxylic acids is 1. The fraction of sp³-hybridized carbons (Fsp3) is 0.133. The largest absolute Gasteiger partial charge is 0.325 e. The first-order chi connectivity index (χ1) is 9.47. The average Bonchev–Trinajstić information content (AvgIpc) is 2.38. The molecule has 0 heterocycles. The van der Waals surface area contributed by atoms with E-state index in [1.54, 1.807) is 6.07 Å². The first-order valence-corrected chi connectivity index (χ1v) is 7.13. The molecule has 0 bridgehead atoms. The molecule has 5 heteroatoms. The Labute approximate surface area is 130 Å². The van der Waals surface area contributed by atoms with E-state index in [1.165, 1.54) is 12.1 Å². The third-order valence-electron chi connectivity index (χ3n) is 2.79. The van der Waals surface area contributed by atoms with Crippen LogP contribution in [0.25, 0.3) is 0 Å². The summed E-state index contributed by atoms with van der Waals surface area (Å²) in [6.07, 6.45) is -0.105. The Morgan fingerprint density at radius 1 is 1.35 bits per heavy atom. The van der Waals surface area contributed by atoms with E-state index in [4.69, 9.17) is 11.6 Å². The molecule has 2 nitrogen and oxygen atoms in total. The molecule has 0 saturated carbocycles. The first-order valence-electron chi connectivity index (χ1n) is 5.96. The van der Waals surface area contributed by atoms with Crippen molar-refractivity contribution in [2.75, 3.05) is 5.32 Å². The van der Waals surface area contributed by atoms with E-state index in [1.807, 2.05) is 25.1 Å². The van der Waals surface area contributed by atoms with Gasteiger partial charge in [-0.3, -0.25) is 4.79 Å². The fourth-order valence-electron chi connectivity index (χ4n) is 1.79. The summed E-state index contributed by atoms with van der Waals surface area (Å²) in [6, 6.07) is 9.97. The van der Waals surface area contributed by atoms with Crippen molar-refractivity contribution in [1.29, 1.82) is 0 Å². The molecule has 0 aliphatic heterocycles. The molecular weight excluding hydrogens is 345 g/mol. The summed E-state index contributed by atoms with van der Waals surface area (Å²) >= 11 is 9.26. The average molecular weight is 357 g/mol. The Balaban J connectivity index is 2.15. The highest BCUT2D eigenvalue weighted by Crippen LogP contribution is 2.24. The van der Waals surface area contributed by atoms with Gasteiger partial charge < -0.3 is 5.32 Å². The minimum Gasteiger partial charge on any atom is -0.325 e. The molecule has 0 saturated heterocycles. The summed E-state index contributed by atoms with van der Waals surface area (Å²) < 4.78 is 14.4. The minimum atomic E-state index is -0.476. The molecule has 2 rings (SSSR count). The van der Waals surface area contributed by atoms with Gasteiger partial charge in [-0.15, -0.1) is 0 Å². The highest BCUT2D eigenvalue weighted by atomic mass is 79.9. The van der Waals surface area contributed by atoms with Crippen LogP contribution < -0.4 is 5.32 Å². The molecular formula is C15H12BrClFNO. The second kappa shape index (κ2) is 6.37. The van der Waals surface area contributed by atoms with Gasteiger partial charge in [0.25, 0.3) is 0 Å². The van der Waals surface area contributed by atoms with Crippen LogP contribution in [0.1, 0.15) is 11.1 Å². The normalized spacial score (nSPS) is 10.4. The molecule has 20 heavy (non-hydrogen) atoms. The zero-order chi connectivity index (χ0) is 14.7. The second-order valence-corrected chi connectivity index (χ2v) is 5.67. The lowest BCUT2D eigenvalue weighted by molar-refractivity contribution is -0.115. The maximum atomic E-state index is 13.6. The second-order valence-electron chi connectivity index (χ2n) is 4.41. The molecule has 0 spiro atoms. The predicted molar refractivity (Wildman–Crippen MR) is 82.6 cm³/mol. The standard InChI is InChI=1S/C15H12BrClFNO/c1-9-5-6-11(16)14(7-9)19-15(20)8-10-12(17)3-2-4-13(10)18/h2-7H,8H2,1H3,(H,19,20). The van der Waals surface area contributed by atoms with Crippen molar-refractivity contribution in [2.24, 2.45) is 0 Å². The van der Waals surface area contributed by atoms with Crippen molar-refractivity contribution in [2.45, 2.75) is 13.3 Å². The van der Waals surface area contributed by atoms with Crippen molar-refractivity contribution >= 4 is 39.1 Å². The number of hydrogen-bond acceptors (Lipinski definition) is 1. The maximum Gasteiger partial charge on any atom is 0.228 e. The highest BCUT2D eigenvalue weighted by molar-refractivity contribution is 9.10. The van der Waals surface area contributed by atoms with Crippen LogP contribution in [0.3, 0.4) is 0 Å². The third kappa shape index (κ3) is 3.58.